The van der Waals surface area contributed by atoms with Crippen LogP contribution in [0.3, 0.4) is 0 Å². The number of carbonyl (C=O) groups is 1. The highest BCUT2D eigenvalue weighted by molar-refractivity contribution is 5.75. The summed E-state index contributed by atoms with van der Waals surface area (Å²) in [5, 5.41) is 0. The van der Waals surface area contributed by atoms with Crippen LogP contribution in [0, 0.1) is 11.8 Å². The molecule has 0 radical (unpaired) electrons. The van der Waals surface area contributed by atoms with Crippen molar-refractivity contribution in [3.05, 3.63) is 35.4 Å². The highest BCUT2D eigenvalue weighted by Gasteiger charge is 2.43. The van der Waals surface area contributed by atoms with Crippen molar-refractivity contribution in [1.29, 1.82) is 0 Å². The molecule has 0 N–H and O–H groups in total. The summed E-state index contributed by atoms with van der Waals surface area (Å²) in [6.45, 7) is 2.17. The van der Waals surface area contributed by atoms with E-state index in [1.54, 1.807) is 0 Å². The Morgan fingerprint density at radius 1 is 1.29 bits per heavy atom. The molecular weight excluding hydrogens is 212 g/mol. The smallest absolute Gasteiger partial charge is 0.308 e. The number of methoxy groups -OCH3 is 1. The lowest BCUT2D eigenvalue weighted by Gasteiger charge is -2.02. The van der Waals surface area contributed by atoms with Gasteiger partial charge in [-0.1, -0.05) is 31.2 Å². The van der Waals surface area contributed by atoms with Crippen LogP contribution in [-0.2, 0) is 22.4 Å². The first-order valence-corrected chi connectivity index (χ1v) is 6.40. The zero-order chi connectivity index (χ0) is 12.3. The van der Waals surface area contributed by atoms with Gasteiger partial charge in [-0.05, 0) is 42.7 Å². The number of esters is 1. The summed E-state index contributed by atoms with van der Waals surface area (Å²) in [6, 6.07) is 8.79. The lowest BCUT2D eigenvalue weighted by molar-refractivity contribution is -0.142. The van der Waals surface area contributed by atoms with E-state index in [1.165, 1.54) is 18.2 Å². The molecule has 0 spiro atoms. The minimum Gasteiger partial charge on any atom is -0.469 e. The standard InChI is InChI=1S/C15H20O2/c1-3-11-4-6-12(7-5-11)8-9-13-10-14(13)15(16)17-2/h4-7,13-14H,3,8-10H2,1-2H3. The third-order valence-electron chi connectivity index (χ3n) is 3.66. The molecule has 1 fully saturated rings. The van der Waals surface area contributed by atoms with Gasteiger partial charge in [0.15, 0.2) is 0 Å². The van der Waals surface area contributed by atoms with Gasteiger partial charge in [0, 0.05) is 0 Å². The lowest BCUT2D eigenvalue weighted by Crippen LogP contribution is -2.04. The maximum atomic E-state index is 11.3. The molecule has 0 saturated heterocycles. The summed E-state index contributed by atoms with van der Waals surface area (Å²) in [7, 11) is 1.47. The molecule has 1 aliphatic rings. The molecule has 0 amide bonds. The molecule has 2 rings (SSSR count). The van der Waals surface area contributed by atoms with Gasteiger partial charge in [-0.3, -0.25) is 4.79 Å². The minimum absolute atomic E-state index is 0.0312. The van der Waals surface area contributed by atoms with Crippen LogP contribution in [-0.4, -0.2) is 13.1 Å². The summed E-state index contributed by atoms with van der Waals surface area (Å²) in [5.74, 6) is 0.694. The van der Waals surface area contributed by atoms with Gasteiger partial charge in [-0.15, -0.1) is 0 Å². The molecule has 1 aromatic carbocycles. The van der Waals surface area contributed by atoms with Crippen molar-refractivity contribution in [2.75, 3.05) is 7.11 Å². The maximum Gasteiger partial charge on any atom is 0.308 e. The number of benzene rings is 1. The molecule has 1 aliphatic carbocycles. The molecule has 17 heavy (non-hydrogen) atoms. The van der Waals surface area contributed by atoms with Gasteiger partial charge in [0.1, 0.15) is 0 Å². The van der Waals surface area contributed by atoms with Crippen LogP contribution in [0.25, 0.3) is 0 Å². The normalized spacial score (nSPS) is 22.2. The van der Waals surface area contributed by atoms with Gasteiger partial charge in [0.2, 0.25) is 0 Å². The molecule has 92 valence electrons. The third-order valence-corrected chi connectivity index (χ3v) is 3.66. The van der Waals surface area contributed by atoms with Gasteiger partial charge >= 0.3 is 5.97 Å². The summed E-state index contributed by atoms with van der Waals surface area (Å²) < 4.78 is 4.75. The van der Waals surface area contributed by atoms with Crippen LogP contribution in [0.1, 0.15) is 30.9 Å². The molecule has 1 saturated carbocycles. The van der Waals surface area contributed by atoms with Crippen molar-refractivity contribution in [1.82, 2.24) is 0 Å². The number of aryl methyl sites for hydroxylation is 2. The van der Waals surface area contributed by atoms with Crippen LogP contribution in [0.2, 0.25) is 0 Å². The first-order valence-electron chi connectivity index (χ1n) is 6.40. The Kier molecular flexibility index (Phi) is 3.82. The fourth-order valence-electron chi connectivity index (χ4n) is 2.30. The topological polar surface area (TPSA) is 26.3 Å². The quantitative estimate of drug-likeness (QED) is 0.729. The van der Waals surface area contributed by atoms with Crippen molar-refractivity contribution in [2.45, 2.75) is 32.6 Å². The van der Waals surface area contributed by atoms with Gasteiger partial charge in [-0.25, -0.2) is 0 Å². The lowest BCUT2D eigenvalue weighted by atomic mass is 10.0. The predicted octanol–water partition coefficient (Wildman–Crippen LogP) is 2.99. The highest BCUT2D eigenvalue weighted by Crippen LogP contribution is 2.42. The SMILES string of the molecule is CCc1ccc(CCC2CC2C(=O)OC)cc1. The number of carbonyl (C=O) groups excluding carboxylic acids is 1. The van der Waals surface area contributed by atoms with Crippen molar-refractivity contribution in [3.8, 4) is 0 Å². The van der Waals surface area contributed by atoms with E-state index in [0.717, 1.165) is 25.7 Å². The Morgan fingerprint density at radius 3 is 2.53 bits per heavy atom. The zero-order valence-corrected chi connectivity index (χ0v) is 10.6. The average Bonchev–Trinajstić information content (AvgIpc) is 3.15. The monoisotopic (exact) mass is 232 g/mol. The van der Waals surface area contributed by atoms with E-state index >= 15 is 0 Å². The second kappa shape index (κ2) is 5.35. The van der Waals surface area contributed by atoms with Gasteiger partial charge < -0.3 is 4.74 Å². The average molecular weight is 232 g/mol. The Labute approximate surface area is 103 Å². The van der Waals surface area contributed by atoms with Crippen molar-refractivity contribution in [3.63, 3.8) is 0 Å². The fourth-order valence-corrected chi connectivity index (χ4v) is 2.30. The molecule has 2 heteroatoms. The molecule has 0 heterocycles. The zero-order valence-electron chi connectivity index (χ0n) is 10.6. The Balaban J connectivity index is 1.77. The molecular formula is C15H20O2. The van der Waals surface area contributed by atoms with E-state index in [0.29, 0.717) is 5.92 Å². The highest BCUT2D eigenvalue weighted by atomic mass is 16.5. The molecule has 0 aromatic heterocycles. The predicted molar refractivity (Wildman–Crippen MR) is 67.8 cm³/mol. The van der Waals surface area contributed by atoms with Crippen molar-refractivity contribution < 1.29 is 9.53 Å². The summed E-state index contributed by atoms with van der Waals surface area (Å²) in [5.41, 5.74) is 2.75. The van der Waals surface area contributed by atoms with Crippen molar-refractivity contribution in [2.24, 2.45) is 11.8 Å². The molecule has 2 unspecified atom stereocenters. The number of ether oxygens (including phenoxy) is 1. The molecule has 1 aromatic rings. The summed E-state index contributed by atoms with van der Waals surface area (Å²) in [6.07, 6.45) is 4.28. The molecule has 2 nitrogen and oxygen atoms in total. The van der Waals surface area contributed by atoms with Crippen LogP contribution in [0.4, 0.5) is 0 Å². The van der Waals surface area contributed by atoms with Crippen molar-refractivity contribution >= 4 is 5.97 Å². The van der Waals surface area contributed by atoms with Gasteiger partial charge in [0.05, 0.1) is 13.0 Å². The van der Waals surface area contributed by atoms with Gasteiger partial charge in [0.25, 0.3) is 0 Å². The van der Waals surface area contributed by atoms with E-state index in [1.807, 2.05) is 0 Å². The summed E-state index contributed by atoms with van der Waals surface area (Å²) >= 11 is 0. The number of hydrogen-bond donors (Lipinski definition) is 0. The van der Waals surface area contributed by atoms with E-state index in [9.17, 15) is 4.79 Å². The minimum atomic E-state index is -0.0312. The van der Waals surface area contributed by atoms with Gasteiger partial charge in [-0.2, -0.15) is 0 Å². The fraction of sp³-hybridized carbons (Fsp3) is 0.533. The van der Waals surface area contributed by atoms with E-state index in [4.69, 9.17) is 4.74 Å². The first kappa shape index (κ1) is 12.2. The van der Waals surface area contributed by atoms with Crippen LogP contribution < -0.4 is 0 Å². The molecule has 2 atom stereocenters. The Morgan fingerprint density at radius 2 is 1.94 bits per heavy atom. The number of rotatable bonds is 5. The largest absolute Gasteiger partial charge is 0.469 e. The van der Waals surface area contributed by atoms with E-state index in [-0.39, 0.29) is 11.9 Å². The Bertz CT molecular complexity index is 380. The van der Waals surface area contributed by atoms with Crippen LogP contribution in [0.5, 0.6) is 0 Å². The number of hydrogen-bond acceptors (Lipinski definition) is 2. The van der Waals surface area contributed by atoms with Crippen LogP contribution >= 0.6 is 0 Å². The molecule has 0 bridgehead atoms. The first-order chi connectivity index (χ1) is 8.24. The van der Waals surface area contributed by atoms with E-state index in [2.05, 4.69) is 31.2 Å². The van der Waals surface area contributed by atoms with E-state index < -0.39 is 0 Å². The second-order valence-electron chi connectivity index (χ2n) is 4.83. The summed E-state index contributed by atoms with van der Waals surface area (Å²) in [4.78, 5) is 11.3. The Hall–Kier alpha value is -1.31. The second-order valence-corrected chi connectivity index (χ2v) is 4.83. The molecule has 0 aliphatic heterocycles. The maximum absolute atomic E-state index is 11.3. The van der Waals surface area contributed by atoms with Crippen LogP contribution in [0.15, 0.2) is 24.3 Å². The third kappa shape index (κ3) is 3.09.